The Kier molecular flexibility index (Phi) is 13.0. The van der Waals surface area contributed by atoms with Crippen LogP contribution in [0.2, 0.25) is 0 Å². The van der Waals surface area contributed by atoms with E-state index in [0.29, 0.717) is 38.0 Å². The lowest BCUT2D eigenvalue weighted by atomic mass is 10.1. The Morgan fingerprint density at radius 1 is 1.18 bits per heavy atom. The van der Waals surface area contributed by atoms with Crippen molar-refractivity contribution in [1.82, 2.24) is 15.5 Å². The summed E-state index contributed by atoms with van der Waals surface area (Å²) in [6, 6.07) is -3.73. The molecule has 4 unspecified atom stereocenters. The van der Waals surface area contributed by atoms with Crippen molar-refractivity contribution in [3.8, 4) is 0 Å². The lowest BCUT2D eigenvalue weighted by Gasteiger charge is -2.28. The van der Waals surface area contributed by atoms with Crippen LogP contribution in [-0.2, 0) is 19.2 Å². The number of nitrogens with zero attached hydrogens (tertiary/aromatic N) is 2. The van der Waals surface area contributed by atoms with Gasteiger partial charge in [-0.25, -0.2) is 4.79 Å². The van der Waals surface area contributed by atoms with E-state index in [1.165, 1.54) is 4.90 Å². The fraction of sp³-hybridized carbons (Fsp3) is 0.737. The third kappa shape index (κ3) is 9.68. The summed E-state index contributed by atoms with van der Waals surface area (Å²) in [5.74, 6) is -2.12. The van der Waals surface area contributed by atoms with Gasteiger partial charge in [-0.3, -0.25) is 19.4 Å². The van der Waals surface area contributed by atoms with Crippen LogP contribution < -0.4 is 27.8 Å². The summed E-state index contributed by atoms with van der Waals surface area (Å²) in [5, 5.41) is 14.6. The van der Waals surface area contributed by atoms with Gasteiger partial charge in [-0.1, -0.05) is 0 Å². The second-order valence-electron chi connectivity index (χ2n) is 7.67. The Balaban J connectivity index is 2.87. The summed E-state index contributed by atoms with van der Waals surface area (Å²) in [6.45, 7) is 0.544. The number of aliphatic carboxylic acids is 1. The number of hydrogen-bond acceptors (Lipinski definition) is 8. The van der Waals surface area contributed by atoms with Crippen molar-refractivity contribution in [3.05, 3.63) is 0 Å². The molecule has 12 nitrogen and oxygen atoms in total. The number of nitrogens with two attached hydrogens (primary N) is 3. The Hall–Kier alpha value is -2.19. The summed E-state index contributed by atoms with van der Waals surface area (Å²) in [6.07, 6.45) is 3.85. The highest BCUT2D eigenvalue weighted by atomic mass is 32.2. The number of rotatable bonds is 14. The van der Waals surface area contributed by atoms with E-state index in [1.54, 1.807) is 11.8 Å². The van der Waals surface area contributed by atoms with Crippen molar-refractivity contribution >= 4 is 54.0 Å². The third-order valence-electron chi connectivity index (χ3n) is 5.17. The van der Waals surface area contributed by atoms with Gasteiger partial charge < -0.3 is 37.8 Å². The summed E-state index contributed by atoms with van der Waals surface area (Å²) in [4.78, 5) is 54.9. The summed E-state index contributed by atoms with van der Waals surface area (Å²) >= 11 is 5.71. The quantitative estimate of drug-likeness (QED) is 0.0608. The lowest BCUT2D eigenvalue weighted by Crippen LogP contribution is -2.57. The van der Waals surface area contributed by atoms with Gasteiger partial charge >= 0.3 is 5.97 Å². The van der Waals surface area contributed by atoms with E-state index in [4.69, 9.17) is 17.2 Å². The first-order valence-corrected chi connectivity index (χ1v) is 12.7. The van der Waals surface area contributed by atoms with Crippen LogP contribution in [0, 0.1) is 0 Å². The SMILES string of the molecule is CSCCC(N)C(=O)NC(CCCN=C(N)N)C(=O)NC(CS)C(=O)N1CCCC1C(=O)O. The van der Waals surface area contributed by atoms with E-state index >= 15 is 0 Å². The van der Waals surface area contributed by atoms with E-state index in [0.717, 1.165) is 0 Å². The maximum atomic E-state index is 13.0. The van der Waals surface area contributed by atoms with Gasteiger partial charge in [0, 0.05) is 18.8 Å². The molecule has 0 radical (unpaired) electrons. The largest absolute Gasteiger partial charge is 0.480 e. The Morgan fingerprint density at radius 3 is 2.42 bits per heavy atom. The molecule has 0 aliphatic carbocycles. The molecule has 9 N–H and O–H groups in total. The van der Waals surface area contributed by atoms with E-state index in [2.05, 4.69) is 28.3 Å². The minimum absolute atomic E-state index is 0.0324. The van der Waals surface area contributed by atoms with Crippen LogP contribution in [0.25, 0.3) is 0 Å². The molecule has 14 heteroatoms. The Labute approximate surface area is 203 Å². The topological polar surface area (TPSA) is 206 Å². The van der Waals surface area contributed by atoms with Gasteiger partial charge in [-0.15, -0.1) is 0 Å². The molecule has 1 saturated heterocycles. The highest BCUT2D eigenvalue weighted by Gasteiger charge is 2.38. The molecule has 1 heterocycles. The zero-order valence-electron chi connectivity index (χ0n) is 18.7. The predicted molar refractivity (Wildman–Crippen MR) is 131 cm³/mol. The molecular weight excluding hydrogens is 470 g/mol. The van der Waals surface area contributed by atoms with Crippen molar-refractivity contribution in [2.45, 2.75) is 56.3 Å². The smallest absolute Gasteiger partial charge is 0.326 e. The number of thiol groups is 1. The molecule has 33 heavy (non-hydrogen) atoms. The van der Waals surface area contributed by atoms with Crippen LogP contribution in [-0.4, -0.2) is 94.7 Å². The van der Waals surface area contributed by atoms with Crippen LogP contribution in [0.4, 0.5) is 0 Å². The third-order valence-corrected chi connectivity index (χ3v) is 6.18. The minimum atomic E-state index is -1.09. The first kappa shape index (κ1) is 28.8. The zero-order valence-corrected chi connectivity index (χ0v) is 20.4. The van der Waals surface area contributed by atoms with Crippen molar-refractivity contribution in [2.24, 2.45) is 22.2 Å². The molecule has 3 amide bonds. The summed E-state index contributed by atoms with van der Waals surface area (Å²) in [5.41, 5.74) is 16.5. The number of likely N-dealkylation sites (tertiary alicyclic amines) is 1. The molecular formula is C19H35N7O5S2. The van der Waals surface area contributed by atoms with Crippen LogP contribution in [0.1, 0.15) is 32.1 Å². The Bertz CT molecular complexity index is 721. The molecule has 0 aromatic rings. The molecule has 0 aromatic carbocycles. The molecule has 0 aromatic heterocycles. The van der Waals surface area contributed by atoms with Crippen LogP contribution in [0.15, 0.2) is 4.99 Å². The Morgan fingerprint density at radius 2 is 1.85 bits per heavy atom. The number of thioether (sulfide) groups is 1. The average molecular weight is 506 g/mol. The molecule has 1 rings (SSSR count). The fourth-order valence-corrected chi connectivity index (χ4v) is 4.11. The molecule has 1 aliphatic heterocycles. The van der Waals surface area contributed by atoms with Crippen LogP contribution in [0.3, 0.4) is 0 Å². The highest BCUT2D eigenvalue weighted by molar-refractivity contribution is 7.98. The van der Waals surface area contributed by atoms with Crippen molar-refractivity contribution in [1.29, 1.82) is 0 Å². The van der Waals surface area contributed by atoms with Gasteiger partial charge in [0.2, 0.25) is 17.7 Å². The first-order chi connectivity index (χ1) is 15.6. The normalized spacial score (nSPS) is 18.2. The van der Waals surface area contributed by atoms with Crippen LogP contribution in [0.5, 0.6) is 0 Å². The molecule has 4 atom stereocenters. The van der Waals surface area contributed by atoms with Gasteiger partial charge in [0.1, 0.15) is 18.1 Å². The lowest BCUT2D eigenvalue weighted by molar-refractivity contribution is -0.149. The van der Waals surface area contributed by atoms with Crippen molar-refractivity contribution in [3.63, 3.8) is 0 Å². The van der Waals surface area contributed by atoms with E-state index in [1.807, 2.05) is 6.26 Å². The maximum absolute atomic E-state index is 13.0. The number of carboxylic acids is 1. The van der Waals surface area contributed by atoms with Crippen LogP contribution >= 0.6 is 24.4 Å². The van der Waals surface area contributed by atoms with E-state index in [-0.39, 0.29) is 24.7 Å². The van der Waals surface area contributed by atoms with Crippen molar-refractivity contribution < 1.29 is 24.3 Å². The number of guanidine groups is 1. The monoisotopic (exact) mass is 505 g/mol. The molecule has 0 bridgehead atoms. The van der Waals surface area contributed by atoms with E-state index < -0.39 is 47.9 Å². The summed E-state index contributed by atoms with van der Waals surface area (Å²) in [7, 11) is 0. The molecule has 1 aliphatic rings. The first-order valence-electron chi connectivity index (χ1n) is 10.7. The number of carboxylic acid groups (broad SMARTS) is 1. The second kappa shape index (κ2) is 14.9. The van der Waals surface area contributed by atoms with Gasteiger partial charge in [0.15, 0.2) is 5.96 Å². The minimum Gasteiger partial charge on any atom is -0.480 e. The number of hydrogen-bond donors (Lipinski definition) is 7. The molecule has 0 saturated carbocycles. The maximum Gasteiger partial charge on any atom is 0.326 e. The number of carbonyl (C=O) groups is 4. The van der Waals surface area contributed by atoms with Gasteiger partial charge in [-0.05, 0) is 44.1 Å². The molecule has 188 valence electrons. The predicted octanol–water partition coefficient (Wildman–Crippen LogP) is -1.90. The zero-order chi connectivity index (χ0) is 25.0. The molecule has 1 fully saturated rings. The van der Waals surface area contributed by atoms with Gasteiger partial charge in [0.05, 0.1) is 6.04 Å². The highest BCUT2D eigenvalue weighted by Crippen LogP contribution is 2.19. The van der Waals surface area contributed by atoms with E-state index in [9.17, 15) is 24.3 Å². The average Bonchev–Trinajstić information content (AvgIpc) is 3.27. The standard InChI is InChI=1S/C19H35N7O5S2/c1-33-9-6-11(20)15(27)24-12(4-2-7-23-19(21)22)16(28)25-13(10-32)17(29)26-8-3-5-14(26)18(30)31/h11-14,32H,2-10,20H2,1H3,(H,24,27)(H,25,28)(H,30,31)(H4,21,22,23). The van der Waals surface area contributed by atoms with Gasteiger partial charge in [0.25, 0.3) is 0 Å². The number of nitrogens with one attached hydrogen (secondary N) is 2. The number of amides is 3. The number of carbonyl (C=O) groups excluding carboxylic acids is 3. The van der Waals surface area contributed by atoms with Gasteiger partial charge in [-0.2, -0.15) is 24.4 Å². The fourth-order valence-electron chi connectivity index (χ4n) is 3.37. The van der Waals surface area contributed by atoms with Crippen molar-refractivity contribution in [2.75, 3.05) is 30.9 Å². The second-order valence-corrected chi connectivity index (χ2v) is 9.02. The summed E-state index contributed by atoms with van der Waals surface area (Å²) < 4.78 is 0. The number of aliphatic imine (C=N–C) groups is 1. The molecule has 0 spiro atoms.